The zero-order valence-corrected chi connectivity index (χ0v) is 13.3. The van der Waals surface area contributed by atoms with Crippen LogP contribution in [-0.2, 0) is 0 Å². The number of nitrogens with zero attached hydrogens (tertiary/aromatic N) is 1. The number of hydrogen-bond acceptors (Lipinski definition) is 2. The van der Waals surface area contributed by atoms with Gasteiger partial charge in [0.2, 0.25) is 0 Å². The number of ether oxygens (including phenoxy) is 1. The van der Waals surface area contributed by atoms with Gasteiger partial charge in [-0.05, 0) is 41.5 Å². The molecule has 0 spiro atoms. The normalized spacial score (nSPS) is 11.1. The van der Waals surface area contributed by atoms with Gasteiger partial charge in [-0.25, -0.2) is 0 Å². The lowest BCUT2D eigenvalue weighted by Crippen LogP contribution is -1.87. The molecule has 0 aliphatic rings. The van der Waals surface area contributed by atoms with E-state index in [0.717, 1.165) is 11.1 Å². The second-order valence-electron chi connectivity index (χ2n) is 4.19. The monoisotopic (exact) mass is 337 g/mol. The van der Waals surface area contributed by atoms with E-state index in [1.165, 1.54) is 7.11 Å². The molecule has 0 heterocycles. The molecule has 0 aromatic heterocycles. The minimum Gasteiger partial charge on any atom is -0.494 e. The number of halogens is 3. The van der Waals surface area contributed by atoms with Gasteiger partial charge in [0.25, 0.3) is 0 Å². The van der Waals surface area contributed by atoms with Gasteiger partial charge in [-0.15, -0.1) is 0 Å². The fourth-order valence-electron chi connectivity index (χ4n) is 1.83. The van der Waals surface area contributed by atoms with E-state index in [-0.39, 0.29) is 0 Å². The third-order valence-electron chi connectivity index (χ3n) is 2.81. The summed E-state index contributed by atoms with van der Waals surface area (Å²) in [6.45, 7) is 0. The first kappa shape index (κ1) is 15.7. The highest BCUT2D eigenvalue weighted by Gasteiger charge is 2.09. The fourth-order valence-corrected chi connectivity index (χ4v) is 2.62. The molecular formula is C16H10Cl3NO. The molecule has 0 saturated heterocycles. The second-order valence-corrected chi connectivity index (χ2v) is 5.45. The summed E-state index contributed by atoms with van der Waals surface area (Å²) in [6.07, 6.45) is 1.71. The van der Waals surface area contributed by atoms with Crippen molar-refractivity contribution in [1.29, 1.82) is 5.26 Å². The Morgan fingerprint density at radius 1 is 1.10 bits per heavy atom. The average molecular weight is 339 g/mol. The van der Waals surface area contributed by atoms with Crippen molar-refractivity contribution in [1.82, 2.24) is 0 Å². The largest absolute Gasteiger partial charge is 0.494 e. The lowest BCUT2D eigenvalue weighted by atomic mass is 10.0. The Bertz CT molecular complexity index is 707. The molecule has 0 bridgehead atoms. The lowest BCUT2D eigenvalue weighted by Gasteiger charge is -2.07. The van der Waals surface area contributed by atoms with E-state index in [0.29, 0.717) is 26.4 Å². The van der Waals surface area contributed by atoms with Gasteiger partial charge < -0.3 is 4.74 Å². The van der Waals surface area contributed by atoms with E-state index >= 15 is 0 Å². The van der Waals surface area contributed by atoms with Crippen molar-refractivity contribution in [3.63, 3.8) is 0 Å². The van der Waals surface area contributed by atoms with Crippen molar-refractivity contribution in [3.05, 3.63) is 62.6 Å². The molecule has 106 valence electrons. The van der Waals surface area contributed by atoms with Gasteiger partial charge in [0.15, 0.2) is 5.75 Å². The smallest absolute Gasteiger partial charge is 0.156 e. The summed E-state index contributed by atoms with van der Waals surface area (Å²) < 4.78 is 5.10. The zero-order valence-electron chi connectivity index (χ0n) is 11.0. The van der Waals surface area contributed by atoms with Gasteiger partial charge in [-0.1, -0.05) is 46.9 Å². The molecule has 0 amide bonds. The van der Waals surface area contributed by atoms with Gasteiger partial charge in [0.05, 0.1) is 28.8 Å². The fraction of sp³-hybridized carbons (Fsp3) is 0.0625. The second kappa shape index (κ2) is 6.87. The van der Waals surface area contributed by atoms with Crippen LogP contribution >= 0.6 is 34.8 Å². The van der Waals surface area contributed by atoms with Crippen molar-refractivity contribution >= 4 is 46.5 Å². The van der Waals surface area contributed by atoms with Crippen LogP contribution in [0.1, 0.15) is 11.1 Å². The Labute approximate surface area is 138 Å². The number of hydrogen-bond donors (Lipinski definition) is 0. The van der Waals surface area contributed by atoms with Gasteiger partial charge in [0, 0.05) is 5.02 Å². The van der Waals surface area contributed by atoms with Gasteiger partial charge in [-0.3, -0.25) is 0 Å². The van der Waals surface area contributed by atoms with Crippen LogP contribution < -0.4 is 4.74 Å². The van der Waals surface area contributed by atoms with Gasteiger partial charge in [-0.2, -0.15) is 5.26 Å². The Hall–Kier alpha value is -1.66. The van der Waals surface area contributed by atoms with Crippen LogP contribution in [0.2, 0.25) is 15.1 Å². The summed E-state index contributed by atoms with van der Waals surface area (Å²) in [5.41, 5.74) is 1.98. The SMILES string of the molecule is COc1c(Cl)cc(/C=C(/C#N)c2ccc(Cl)cc2)cc1Cl. The van der Waals surface area contributed by atoms with Crippen LogP contribution in [0.15, 0.2) is 36.4 Å². The number of methoxy groups -OCH3 is 1. The van der Waals surface area contributed by atoms with E-state index in [1.54, 1.807) is 42.5 Å². The van der Waals surface area contributed by atoms with Gasteiger partial charge in [0.1, 0.15) is 0 Å². The molecule has 2 nitrogen and oxygen atoms in total. The van der Waals surface area contributed by atoms with E-state index in [4.69, 9.17) is 39.5 Å². The van der Waals surface area contributed by atoms with E-state index in [9.17, 15) is 5.26 Å². The number of allylic oxidation sites excluding steroid dienone is 1. The molecule has 0 atom stereocenters. The highest BCUT2D eigenvalue weighted by molar-refractivity contribution is 6.37. The first-order valence-corrected chi connectivity index (χ1v) is 7.09. The summed E-state index contributed by atoms with van der Waals surface area (Å²) in [5, 5.41) is 10.7. The summed E-state index contributed by atoms with van der Waals surface area (Å²) in [5.74, 6) is 0.417. The van der Waals surface area contributed by atoms with Crippen LogP contribution in [0.4, 0.5) is 0 Å². The van der Waals surface area contributed by atoms with Crippen LogP contribution in [-0.4, -0.2) is 7.11 Å². The van der Waals surface area contributed by atoms with Crippen LogP contribution in [0.3, 0.4) is 0 Å². The van der Waals surface area contributed by atoms with Crippen molar-refractivity contribution < 1.29 is 4.74 Å². The first-order chi connectivity index (χ1) is 10.0. The minimum atomic E-state index is 0.393. The average Bonchev–Trinajstić information content (AvgIpc) is 2.45. The van der Waals surface area contributed by atoms with Crippen molar-refractivity contribution in [2.45, 2.75) is 0 Å². The van der Waals surface area contributed by atoms with Crippen LogP contribution in [0.25, 0.3) is 11.6 Å². The molecule has 0 N–H and O–H groups in total. The predicted octanol–water partition coefficient (Wildman–Crippen LogP) is 5.72. The quantitative estimate of drug-likeness (QED) is 0.529. The maximum atomic E-state index is 9.31. The zero-order chi connectivity index (χ0) is 15.4. The predicted molar refractivity (Wildman–Crippen MR) is 88.0 cm³/mol. The summed E-state index contributed by atoms with van der Waals surface area (Å²) >= 11 is 18.0. The van der Waals surface area contributed by atoms with Crippen molar-refractivity contribution in [3.8, 4) is 11.8 Å². The molecule has 0 unspecified atom stereocenters. The topological polar surface area (TPSA) is 33.0 Å². The maximum absolute atomic E-state index is 9.31. The molecule has 0 saturated carbocycles. The Morgan fingerprint density at radius 3 is 2.14 bits per heavy atom. The molecule has 0 aliphatic carbocycles. The summed E-state index contributed by atoms with van der Waals surface area (Å²) in [7, 11) is 1.50. The molecule has 0 aliphatic heterocycles. The van der Waals surface area contributed by atoms with Crippen molar-refractivity contribution in [2.24, 2.45) is 0 Å². The molecule has 0 fully saturated rings. The molecule has 2 aromatic rings. The maximum Gasteiger partial charge on any atom is 0.156 e. The summed E-state index contributed by atoms with van der Waals surface area (Å²) in [6, 6.07) is 12.6. The number of rotatable bonds is 3. The summed E-state index contributed by atoms with van der Waals surface area (Å²) in [4.78, 5) is 0. The molecule has 0 radical (unpaired) electrons. The molecule has 5 heteroatoms. The highest BCUT2D eigenvalue weighted by Crippen LogP contribution is 2.35. The molecule has 21 heavy (non-hydrogen) atoms. The Kier molecular flexibility index (Phi) is 5.14. The number of benzene rings is 2. The Balaban J connectivity index is 2.46. The first-order valence-electron chi connectivity index (χ1n) is 5.96. The molecule has 2 aromatic carbocycles. The standard InChI is InChI=1S/C16H10Cl3NO/c1-21-16-14(18)7-10(8-15(16)19)6-12(9-20)11-2-4-13(17)5-3-11/h2-8H,1H3/b12-6-. The third kappa shape index (κ3) is 3.71. The molecular weight excluding hydrogens is 329 g/mol. The van der Waals surface area contributed by atoms with E-state index in [1.807, 2.05) is 0 Å². The minimum absolute atomic E-state index is 0.393. The number of nitriles is 1. The van der Waals surface area contributed by atoms with Gasteiger partial charge >= 0.3 is 0 Å². The van der Waals surface area contributed by atoms with Crippen molar-refractivity contribution in [2.75, 3.05) is 7.11 Å². The third-order valence-corrected chi connectivity index (χ3v) is 3.62. The van der Waals surface area contributed by atoms with E-state index in [2.05, 4.69) is 6.07 Å². The molecule has 2 rings (SSSR count). The lowest BCUT2D eigenvalue weighted by molar-refractivity contribution is 0.415. The highest BCUT2D eigenvalue weighted by atomic mass is 35.5. The van der Waals surface area contributed by atoms with Crippen LogP contribution in [0.5, 0.6) is 5.75 Å². The van der Waals surface area contributed by atoms with Crippen LogP contribution in [0, 0.1) is 11.3 Å². The Morgan fingerprint density at radius 2 is 1.67 bits per heavy atom. The van der Waals surface area contributed by atoms with E-state index < -0.39 is 0 Å².